The number of aromatic amines is 2. The predicted octanol–water partition coefficient (Wildman–Crippen LogP) is -1.24. The van der Waals surface area contributed by atoms with Crippen LogP contribution in [0, 0.1) is 0 Å². The van der Waals surface area contributed by atoms with Crippen LogP contribution in [0.2, 0.25) is 0 Å². The molecule has 2 aromatic heterocycles. The number of carboxylic acid groups (broad SMARTS) is 2. The first kappa shape index (κ1) is 13.2. The van der Waals surface area contributed by atoms with Crippen LogP contribution in [0.1, 0.15) is 0 Å². The third-order valence-electron chi connectivity index (χ3n) is 0.845. The maximum atomic E-state index is 9.10. The molecule has 0 radical (unpaired) electrons. The molecule has 0 unspecified atom stereocenters. The SMILES string of the molecule is O=C(O)C(=O)O.c1nc[nH]n1.c1nc[nH]n1. The number of H-pyrrole nitrogens is 2. The van der Waals surface area contributed by atoms with Crippen LogP contribution in [0.5, 0.6) is 0 Å². The van der Waals surface area contributed by atoms with E-state index in [9.17, 15) is 0 Å². The lowest BCUT2D eigenvalue weighted by molar-refractivity contribution is -0.159. The molecule has 2 heterocycles. The normalized spacial score (nSPS) is 7.75. The van der Waals surface area contributed by atoms with E-state index in [0.717, 1.165) is 0 Å². The lowest BCUT2D eigenvalue weighted by Crippen LogP contribution is -2.09. The zero-order valence-electron chi connectivity index (χ0n) is 7.81. The fourth-order valence-corrected chi connectivity index (χ4v) is 0.333. The minimum atomic E-state index is -1.82. The summed E-state index contributed by atoms with van der Waals surface area (Å²) in [5.41, 5.74) is 0. The lowest BCUT2D eigenvalue weighted by Gasteiger charge is -1.72. The highest BCUT2D eigenvalue weighted by atomic mass is 16.4. The topological polar surface area (TPSA) is 158 Å². The highest BCUT2D eigenvalue weighted by Crippen LogP contribution is 1.56. The van der Waals surface area contributed by atoms with Crippen LogP contribution in [0.15, 0.2) is 25.3 Å². The Morgan fingerprint density at radius 1 is 0.875 bits per heavy atom. The molecule has 0 atom stereocenters. The van der Waals surface area contributed by atoms with Crippen LogP contribution >= 0.6 is 0 Å². The molecule has 86 valence electrons. The first-order valence-electron chi connectivity index (χ1n) is 3.68. The molecule has 0 aliphatic carbocycles. The number of aliphatic carboxylic acids is 2. The molecule has 0 bridgehead atoms. The zero-order valence-corrected chi connectivity index (χ0v) is 7.81. The van der Waals surface area contributed by atoms with E-state index >= 15 is 0 Å². The molecule has 2 rings (SSSR count). The van der Waals surface area contributed by atoms with E-state index in [-0.39, 0.29) is 0 Å². The molecular formula is C6H8N6O4. The minimum absolute atomic E-state index is 1.44. The van der Waals surface area contributed by atoms with Crippen molar-refractivity contribution in [3.05, 3.63) is 25.3 Å². The van der Waals surface area contributed by atoms with Crippen molar-refractivity contribution < 1.29 is 19.8 Å². The van der Waals surface area contributed by atoms with Gasteiger partial charge in [-0.15, -0.1) is 0 Å². The molecule has 2 aromatic rings. The maximum Gasteiger partial charge on any atom is 0.414 e. The molecule has 4 N–H and O–H groups in total. The monoisotopic (exact) mass is 228 g/mol. The Bertz CT molecular complexity index is 299. The molecule has 0 fully saturated rings. The number of aromatic nitrogens is 6. The van der Waals surface area contributed by atoms with Crippen molar-refractivity contribution in [3.63, 3.8) is 0 Å². The van der Waals surface area contributed by atoms with Gasteiger partial charge in [-0.3, -0.25) is 10.2 Å². The van der Waals surface area contributed by atoms with Gasteiger partial charge in [-0.25, -0.2) is 19.6 Å². The number of hydrogen-bond acceptors (Lipinski definition) is 6. The van der Waals surface area contributed by atoms with E-state index in [2.05, 4.69) is 30.4 Å². The molecule has 0 aromatic carbocycles. The Balaban J connectivity index is 0.000000211. The summed E-state index contributed by atoms with van der Waals surface area (Å²) in [7, 11) is 0. The van der Waals surface area contributed by atoms with Gasteiger partial charge in [0.25, 0.3) is 0 Å². The minimum Gasteiger partial charge on any atom is -0.473 e. The Labute approximate surface area is 88.4 Å². The van der Waals surface area contributed by atoms with Gasteiger partial charge in [0.15, 0.2) is 0 Å². The van der Waals surface area contributed by atoms with Crippen LogP contribution in [-0.4, -0.2) is 52.5 Å². The van der Waals surface area contributed by atoms with E-state index in [1.165, 1.54) is 25.3 Å². The first-order valence-corrected chi connectivity index (χ1v) is 3.68. The molecule has 10 heteroatoms. The lowest BCUT2D eigenvalue weighted by atomic mass is 10.7. The summed E-state index contributed by atoms with van der Waals surface area (Å²) in [4.78, 5) is 25.3. The van der Waals surface area contributed by atoms with E-state index < -0.39 is 11.9 Å². The fourth-order valence-electron chi connectivity index (χ4n) is 0.333. The molecular weight excluding hydrogens is 220 g/mol. The Kier molecular flexibility index (Phi) is 7.27. The van der Waals surface area contributed by atoms with Crippen LogP contribution in [-0.2, 0) is 9.59 Å². The van der Waals surface area contributed by atoms with Crippen molar-refractivity contribution in [1.82, 2.24) is 30.4 Å². The highest BCUT2D eigenvalue weighted by molar-refractivity contribution is 6.27. The largest absolute Gasteiger partial charge is 0.473 e. The number of carbonyl (C=O) groups is 2. The molecule has 0 aliphatic rings. The summed E-state index contributed by atoms with van der Waals surface area (Å²) < 4.78 is 0. The number of carboxylic acids is 2. The van der Waals surface area contributed by atoms with Crippen molar-refractivity contribution in [2.45, 2.75) is 0 Å². The van der Waals surface area contributed by atoms with E-state index in [1.807, 2.05) is 0 Å². The van der Waals surface area contributed by atoms with Crippen LogP contribution in [0.3, 0.4) is 0 Å². The van der Waals surface area contributed by atoms with Gasteiger partial charge >= 0.3 is 11.9 Å². The summed E-state index contributed by atoms with van der Waals surface area (Å²) in [5, 5.41) is 26.8. The number of hydrogen-bond donors (Lipinski definition) is 4. The second kappa shape index (κ2) is 8.80. The van der Waals surface area contributed by atoms with Crippen molar-refractivity contribution >= 4 is 11.9 Å². The van der Waals surface area contributed by atoms with E-state index in [1.54, 1.807) is 0 Å². The quantitative estimate of drug-likeness (QED) is 0.408. The second-order valence-electron chi connectivity index (χ2n) is 1.91. The standard InChI is InChI=1S/2C2H3N3.C2H2O4/c2*1-3-2-5-4-1;3-1(4)2(5)6/h2*1-2H,(H,3,4,5);(H,3,4)(H,5,6). The van der Waals surface area contributed by atoms with Gasteiger partial charge in [-0.2, -0.15) is 10.2 Å². The summed E-state index contributed by atoms with van der Waals surface area (Å²) in [5.74, 6) is -3.65. The predicted molar refractivity (Wildman–Crippen MR) is 48.0 cm³/mol. The molecule has 10 nitrogen and oxygen atoms in total. The third kappa shape index (κ3) is 9.31. The Morgan fingerprint density at radius 3 is 1.31 bits per heavy atom. The number of rotatable bonds is 0. The zero-order chi connectivity index (χ0) is 12.2. The summed E-state index contributed by atoms with van der Waals surface area (Å²) >= 11 is 0. The number of nitrogens with one attached hydrogen (secondary N) is 2. The van der Waals surface area contributed by atoms with Crippen LogP contribution in [0.4, 0.5) is 0 Å². The molecule has 0 aliphatic heterocycles. The van der Waals surface area contributed by atoms with Crippen LogP contribution in [0.25, 0.3) is 0 Å². The van der Waals surface area contributed by atoms with E-state index in [0.29, 0.717) is 0 Å². The van der Waals surface area contributed by atoms with Gasteiger partial charge in [0.05, 0.1) is 0 Å². The second-order valence-corrected chi connectivity index (χ2v) is 1.91. The van der Waals surface area contributed by atoms with Crippen molar-refractivity contribution in [3.8, 4) is 0 Å². The molecule has 0 spiro atoms. The molecule has 0 saturated heterocycles. The smallest absolute Gasteiger partial charge is 0.414 e. The third-order valence-corrected chi connectivity index (χ3v) is 0.845. The van der Waals surface area contributed by atoms with E-state index in [4.69, 9.17) is 19.8 Å². The molecule has 16 heavy (non-hydrogen) atoms. The molecule has 0 amide bonds. The van der Waals surface area contributed by atoms with Crippen molar-refractivity contribution in [1.29, 1.82) is 0 Å². The van der Waals surface area contributed by atoms with Gasteiger partial charge < -0.3 is 10.2 Å². The Hall–Kier alpha value is -2.78. The average Bonchev–Trinajstić information content (AvgIpc) is 2.97. The van der Waals surface area contributed by atoms with Crippen LogP contribution < -0.4 is 0 Å². The summed E-state index contributed by atoms with van der Waals surface area (Å²) in [6.07, 6.45) is 5.92. The first-order chi connectivity index (χ1) is 7.64. The summed E-state index contributed by atoms with van der Waals surface area (Å²) in [6.45, 7) is 0. The Morgan fingerprint density at radius 2 is 1.25 bits per heavy atom. The maximum absolute atomic E-state index is 9.10. The van der Waals surface area contributed by atoms with Gasteiger partial charge in [0, 0.05) is 0 Å². The van der Waals surface area contributed by atoms with Gasteiger partial charge in [-0.1, -0.05) is 0 Å². The fraction of sp³-hybridized carbons (Fsp3) is 0. The average molecular weight is 228 g/mol. The van der Waals surface area contributed by atoms with Gasteiger partial charge in [0.1, 0.15) is 25.3 Å². The van der Waals surface area contributed by atoms with Crippen molar-refractivity contribution in [2.24, 2.45) is 0 Å². The molecule has 0 saturated carbocycles. The van der Waals surface area contributed by atoms with Gasteiger partial charge in [-0.05, 0) is 0 Å². The van der Waals surface area contributed by atoms with Crippen molar-refractivity contribution in [2.75, 3.05) is 0 Å². The highest BCUT2D eigenvalue weighted by Gasteiger charge is 2.04. The summed E-state index contributed by atoms with van der Waals surface area (Å²) in [6, 6.07) is 0. The van der Waals surface area contributed by atoms with Gasteiger partial charge in [0.2, 0.25) is 0 Å². The number of nitrogens with zero attached hydrogens (tertiary/aromatic N) is 4.